The van der Waals surface area contributed by atoms with Crippen LogP contribution in [0.3, 0.4) is 0 Å². The zero-order valence-corrected chi connectivity index (χ0v) is 20.6. The van der Waals surface area contributed by atoms with Gasteiger partial charge in [-0.3, -0.25) is 0 Å². The van der Waals surface area contributed by atoms with E-state index in [4.69, 9.17) is 30.1 Å². The van der Waals surface area contributed by atoms with Crippen LogP contribution < -0.4 is 20.1 Å². The van der Waals surface area contributed by atoms with Crippen LogP contribution in [0.1, 0.15) is 11.4 Å². The summed E-state index contributed by atoms with van der Waals surface area (Å²) >= 11 is 0. The molecule has 1 fully saturated rings. The lowest BCUT2D eigenvalue weighted by Crippen LogP contribution is -2.44. The summed E-state index contributed by atoms with van der Waals surface area (Å²) in [5, 5.41) is 11.7. The lowest BCUT2D eigenvalue weighted by atomic mass is 10.1. The summed E-state index contributed by atoms with van der Waals surface area (Å²) < 4.78 is 59.4. The Morgan fingerprint density at radius 3 is 2.46 bits per heavy atom. The zero-order chi connectivity index (χ0) is 27.9. The molecule has 1 saturated heterocycles. The predicted octanol–water partition coefficient (Wildman–Crippen LogP) is 2.70. The number of nitrogens with two attached hydrogens (primary N) is 1. The van der Waals surface area contributed by atoms with Crippen molar-refractivity contribution in [3.63, 3.8) is 0 Å². The average Bonchev–Trinajstić information content (AvgIpc) is 3.50. The van der Waals surface area contributed by atoms with Crippen LogP contribution in [-0.4, -0.2) is 81.8 Å². The topological polar surface area (TPSA) is 131 Å². The summed E-state index contributed by atoms with van der Waals surface area (Å²) in [5.74, 6) is -1.03. The summed E-state index contributed by atoms with van der Waals surface area (Å²) in [6, 6.07) is 9.22. The molecule has 0 bridgehead atoms. The molecule has 0 spiro atoms. The van der Waals surface area contributed by atoms with Gasteiger partial charge in [0.05, 0.1) is 10.9 Å². The van der Waals surface area contributed by atoms with Crippen molar-refractivity contribution in [3.8, 4) is 11.5 Å². The van der Waals surface area contributed by atoms with E-state index in [2.05, 4.69) is 26.9 Å². The fourth-order valence-corrected chi connectivity index (χ4v) is 4.34. The van der Waals surface area contributed by atoms with Crippen LogP contribution in [0.4, 0.5) is 29.2 Å². The molecule has 0 amide bonds. The third kappa shape index (κ3) is 5.43. The maximum Gasteiger partial charge on any atom is 0.490 e. The Morgan fingerprint density at radius 1 is 1.08 bits per heavy atom. The second-order valence-electron chi connectivity index (χ2n) is 9.01. The first-order chi connectivity index (χ1) is 18.5. The summed E-state index contributed by atoms with van der Waals surface area (Å²) in [4.78, 5) is 22.4. The molecule has 0 aliphatic carbocycles. The molecular formula is C24H23F4N7O4. The van der Waals surface area contributed by atoms with Gasteiger partial charge in [-0.2, -0.15) is 22.7 Å². The van der Waals surface area contributed by atoms with Crippen molar-refractivity contribution in [2.24, 2.45) is 0 Å². The molecule has 206 valence electrons. The number of carboxylic acids is 1. The van der Waals surface area contributed by atoms with E-state index in [0.29, 0.717) is 40.3 Å². The molecule has 39 heavy (non-hydrogen) atoms. The average molecular weight is 549 g/mol. The number of carbonyl (C=O) groups is 1. The predicted molar refractivity (Wildman–Crippen MR) is 131 cm³/mol. The highest BCUT2D eigenvalue weighted by molar-refractivity contribution is 5.94. The van der Waals surface area contributed by atoms with E-state index in [1.807, 2.05) is 24.3 Å². The lowest BCUT2D eigenvalue weighted by Gasteiger charge is -2.34. The van der Waals surface area contributed by atoms with E-state index in [-0.39, 0.29) is 18.6 Å². The Bertz CT molecular complexity index is 1550. The van der Waals surface area contributed by atoms with E-state index >= 15 is 4.39 Å². The molecule has 3 N–H and O–H groups in total. The zero-order valence-electron chi connectivity index (χ0n) is 20.6. The number of nitrogen functional groups attached to an aromatic ring is 1. The lowest BCUT2D eigenvalue weighted by molar-refractivity contribution is -0.192. The van der Waals surface area contributed by atoms with Gasteiger partial charge in [-0.25, -0.2) is 14.2 Å². The third-order valence-electron chi connectivity index (χ3n) is 6.31. The van der Waals surface area contributed by atoms with Crippen molar-refractivity contribution in [1.82, 2.24) is 24.5 Å². The number of fused-ring (bicyclic) bond motifs is 4. The van der Waals surface area contributed by atoms with Gasteiger partial charge in [-0.05, 0) is 36.9 Å². The molecule has 4 aromatic rings. The number of piperazine rings is 1. The van der Waals surface area contributed by atoms with E-state index in [9.17, 15) is 13.2 Å². The van der Waals surface area contributed by atoms with Crippen LogP contribution in [0.2, 0.25) is 0 Å². The fourth-order valence-electron chi connectivity index (χ4n) is 4.34. The Kier molecular flexibility index (Phi) is 6.76. The molecule has 0 radical (unpaired) electrons. The first-order valence-corrected chi connectivity index (χ1v) is 11.8. The summed E-state index contributed by atoms with van der Waals surface area (Å²) in [5.41, 5.74) is 8.57. The Balaban J connectivity index is 0.000000392. The minimum atomic E-state index is -5.08. The van der Waals surface area contributed by atoms with Gasteiger partial charge in [0.15, 0.2) is 17.1 Å². The van der Waals surface area contributed by atoms with Gasteiger partial charge < -0.3 is 30.1 Å². The van der Waals surface area contributed by atoms with Gasteiger partial charge >= 0.3 is 12.1 Å². The molecule has 0 unspecified atom stereocenters. The molecule has 6 rings (SSSR count). The molecular weight excluding hydrogens is 526 g/mol. The van der Waals surface area contributed by atoms with Crippen LogP contribution in [0.5, 0.6) is 11.5 Å². The maximum absolute atomic E-state index is 15.3. The van der Waals surface area contributed by atoms with Crippen LogP contribution in [-0.2, 0) is 11.2 Å². The van der Waals surface area contributed by atoms with Crippen molar-refractivity contribution >= 4 is 34.2 Å². The number of carboxylic acid groups (broad SMARTS) is 1. The van der Waals surface area contributed by atoms with Crippen molar-refractivity contribution < 1.29 is 36.9 Å². The molecule has 2 aromatic carbocycles. The second-order valence-corrected chi connectivity index (χ2v) is 9.01. The van der Waals surface area contributed by atoms with Gasteiger partial charge in [-0.1, -0.05) is 6.07 Å². The van der Waals surface area contributed by atoms with Gasteiger partial charge in [0, 0.05) is 38.3 Å². The highest BCUT2D eigenvalue weighted by atomic mass is 19.4. The number of aliphatic carboxylic acids is 1. The minimum absolute atomic E-state index is 0.0776. The van der Waals surface area contributed by atoms with Crippen molar-refractivity contribution in [2.75, 3.05) is 50.7 Å². The standard InChI is InChI=1S/C22H22FN7O2.C2HF3O2/c1-28-4-6-29(7-5-28)14-10-15(23)20-16(11-14)25-19(30-21(20)26-22(24)27-30)9-13-2-3-17-18(8-13)32-12-31-17;3-2(4,5)1(6)7/h2-3,8,10-11H,4-7,9,12H2,1H3,(H2,24,27);(H,6,7). The van der Waals surface area contributed by atoms with E-state index in [0.717, 1.165) is 37.4 Å². The third-order valence-corrected chi connectivity index (χ3v) is 6.31. The van der Waals surface area contributed by atoms with Crippen LogP contribution in [0.15, 0.2) is 30.3 Å². The molecule has 15 heteroatoms. The van der Waals surface area contributed by atoms with Crippen molar-refractivity contribution in [2.45, 2.75) is 12.6 Å². The number of aromatic nitrogens is 4. The molecule has 2 aliphatic heterocycles. The number of likely N-dealkylation sites (N-methyl/N-ethyl adjacent to an activating group) is 1. The fraction of sp³-hybridized carbons (Fsp3) is 0.333. The SMILES string of the molecule is CN1CCN(c2cc(F)c3c(c2)nc(Cc2ccc4c(c2)OCO4)n2nc(N)nc32)CC1.O=C(O)C(F)(F)F. The monoisotopic (exact) mass is 549 g/mol. The van der Waals surface area contributed by atoms with Gasteiger partial charge in [0.25, 0.3) is 0 Å². The number of hydrogen-bond acceptors (Lipinski definition) is 9. The maximum atomic E-state index is 15.3. The summed E-state index contributed by atoms with van der Waals surface area (Å²) in [6.45, 7) is 3.76. The van der Waals surface area contributed by atoms with Gasteiger partial charge in [0.1, 0.15) is 11.6 Å². The number of ether oxygens (including phenoxy) is 2. The Labute approximate surface area is 218 Å². The Hall–Kier alpha value is -4.40. The smallest absolute Gasteiger partial charge is 0.475 e. The first-order valence-electron chi connectivity index (χ1n) is 11.8. The molecule has 11 nitrogen and oxygen atoms in total. The number of rotatable bonds is 3. The van der Waals surface area contributed by atoms with E-state index in [1.165, 1.54) is 4.52 Å². The Morgan fingerprint density at radius 2 is 1.77 bits per heavy atom. The number of halogens is 4. The molecule has 2 aliphatic rings. The minimum Gasteiger partial charge on any atom is -0.475 e. The van der Waals surface area contributed by atoms with Crippen LogP contribution in [0.25, 0.3) is 16.6 Å². The number of hydrogen-bond donors (Lipinski definition) is 2. The first kappa shape index (κ1) is 26.2. The van der Waals surface area contributed by atoms with E-state index < -0.39 is 12.1 Å². The normalized spacial score (nSPS) is 15.5. The number of alkyl halides is 3. The number of nitrogens with zero attached hydrogens (tertiary/aromatic N) is 6. The van der Waals surface area contributed by atoms with Gasteiger partial charge in [0.2, 0.25) is 12.7 Å². The highest BCUT2D eigenvalue weighted by Crippen LogP contribution is 2.34. The van der Waals surface area contributed by atoms with Crippen molar-refractivity contribution in [1.29, 1.82) is 0 Å². The van der Waals surface area contributed by atoms with Gasteiger partial charge in [-0.15, -0.1) is 5.10 Å². The molecule has 4 heterocycles. The second kappa shape index (κ2) is 10.1. The number of anilines is 2. The van der Waals surface area contributed by atoms with E-state index in [1.54, 1.807) is 6.07 Å². The summed E-state index contributed by atoms with van der Waals surface area (Å²) in [6.07, 6.45) is -4.63. The molecule has 0 saturated carbocycles. The molecule has 2 aromatic heterocycles. The quantitative estimate of drug-likeness (QED) is 0.368. The molecule has 0 atom stereocenters. The summed E-state index contributed by atoms with van der Waals surface area (Å²) in [7, 11) is 2.09. The number of benzene rings is 2. The van der Waals surface area contributed by atoms with Crippen molar-refractivity contribution in [3.05, 3.63) is 47.5 Å². The van der Waals surface area contributed by atoms with Crippen LogP contribution in [0, 0.1) is 5.82 Å². The van der Waals surface area contributed by atoms with Crippen LogP contribution >= 0.6 is 0 Å². The largest absolute Gasteiger partial charge is 0.490 e. The highest BCUT2D eigenvalue weighted by Gasteiger charge is 2.38.